The molecule has 1 aliphatic rings. The summed E-state index contributed by atoms with van der Waals surface area (Å²) in [6.45, 7) is 2.17. The van der Waals surface area contributed by atoms with Gasteiger partial charge in [0.2, 0.25) is 5.91 Å². The number of carbonyl (C=O) groups excluding carboxylic acids is 1. The fourth-order valence-corrected chi connectivity index (χ4v) is 3.20. The Morgan fingerprint density at radius 3 is 2.46 bits per heavy atom. The quantitative estimate of drug-likeness (QED) is 0.858. The van der Waals surface area contributed by atoms with Crippen LogP contribution in [0.5, 0.6) is 0 Å². The molecule has 3 unspecified atom stereocenters. The first-order chi connectivity index (χ1) is 11.6. The van der Waals surface area contributed by atoms with Gasteiger partial charge in [-0.1, -0.05) is 54.6 Å². The number of hydrogen-bond acceptors (Lipinski definition) is 2. The lowest BCUT2D eigenvalue weighted by Crippen LogP contribution is -2.33. The average molecular weight is 323 g/mol. The molecule has 0 spiro atoms. The maximum Gasteiger partial charge on any atom is 0.312 e. The third kappa shape index (κ3) is 3.48. The van der Waals surface area contributed by atoms with Gasteiger partial charge in [0.25, 0.3) is 0 Å². The summed E-state index contributed by atoms with van der Waals surface area (Å²) < 4.78 is 0. The first kappa shape index (κ1) is 16.2. The van der Waals surface area contributed by atoms with Crippen LogP contribution in [0.1, 0.15) is 34.9 Å². The highest BCUT2D eigenvalue weighted by atomic mass is 16.4. The molecule has 4 nitrogen and oxygen atoms in total. The molecule has 1 amide bonds. The summed E-state index contributed by atoms with van der Waals surface area (Å²) in [5, 5.41) is 12.2. The molecule has 2 aromatic rings. The third-order valence-electron chi connectivity index (χ3n) is 4.70. The number of carboxylic acid groups (broad SMARTS) is 1. The zero-order valence-electron chi connectivity index (χ0n) is 13.6. The van der Waals surface area contributed by atoms with Crippen LogP contribution in [-0.4, -0.2) is 23.5 Å². The first-order valence-corrected chi connectivity index (χ1v) is 8.19. The van der Waals surface area contributed by atoms with Gasteiger partial charge in [0.1, 0.15) is 0 Å². The zero-order chi connectivity index (χ0) is 17.1. The van der Waals surface area contributed by atoms with E-state index in [-0.39, 0.29) is 24.3 Å². The molecule has 3 atom stereocenters. The molecule has 1 aliphatic carbocycles. The summed E-state index contributed by atoms with van der Waals surface area (Å²) in [4.78, 5) is 23.8. The number of amides is 1. The van der Waals surface area contributed by atoms with Gasteiger partial charge in [0.15, 0.2) is 0 Å². The van der Waals surface area contributed by atoms with Crippen molar-refractivity contribution in [2.24, 2.45) is 5.92 Å². The fourth-order valence-electron chi connectivity index (χ4n) is 3.20. The van der Waals surface area contributed by atoms with Crippen molar-refractivity contribution in [1.29, 1.82) is 0 Å². The lowest BCUT2D eigenvalue weighted by molar-refractivity contribution is -0.138. The third-order valence-corrected chi connectivity index (χ3v) is 4.70. The molecule has 2 aromatic carbocycles. The van der Waals surface area contributed by atoms with Crippen molar-refractivity contribution < 1.29 is 14.7 Å². The van der Waals surface area contributed by atoms with Crippen molar-refractivity contribution in [1.82, 2.24) is 5.32 Å². The highest BCUT2D eigenvalue weighted by molar-refractivity contribution is 5.84. The van der Waals surface area contributed by atoms with Crippen LogP contribution in [0.2, 0.25) is 0 Å². The number of aliphatic carboxylic acids is 1. The summed E-state index contributed by atoms with van der Waals surface area (Å²) in [5.41, 5.74) is 3.12. The Balaban J connectivity index is 1.60. The molecule has 124 valence electrons. The molecule has 0 radical (unpaired) electrons. The Morgan fingerprint density at radius 2 is 1.79 bits per heavy atom. The number of nitrogens with one attached hydrogen (secondary N) is 1. The van der Waals surface area contributed by atoms with Crippen molar-refractivity contribution in [3.05, 3.63) is 71.3 Å². The maximum absolute atomic E-state index is 12.4. The average Bonchev–Trinajstić information content (AvgIpc) is 3.36. The minimum absolute atomic E-state index is 0.0451. The van der Waals surface area contributed by atoms with E-state index in [1.807, 2.05) is 30.3 Å². The van der Waals surface area contributed by atoms with E-state index in [2.05, 4.69) is 24.4 Å². The van der Waals surface area contributed by atoms with Crippen LogP contribution in [0.25, 0.3) is 0 Å². The largest absolute Gasteiger partial charge is 0.481 e. The lowest BCUT2D eigenvalue weighted by Gasteiger charge is -2.14. The first-order valence-electron chi connectivity index (χ1n) is 8.19. The van der Waals surface area contributed by atoms with Gasteiger partial charge in [0, 0.05) is 12.5 Å². The van der Waals surface area contributed by atoms with E-state index in [4.69, 9.17) is 0 Å². The van der Waals surface area contributed by atoms with Crippen LogP contribution < -0.4 is 5.32 Å². The fraction of sp³-hybridized carbons (Fsp3) is 0.300. The zero-order valence-corrected chi connectivity index (χ0v) is 13.6. The molecule has 0 heterocycles. The van der Waals surface area contributed by atoms with Crippen molar-refractivity contribution >= 4 is 11.9 Å². The SMILES string of the molecule is Cc1ccccc1C1CC1C(=O)NCC(C(=O)O)c1ccccc1. The predicted octanol–water partition coefficient (Wildman–Crippen LogP) is 3.08. The second-order valence-electron chi connectivity index (χ2n) is 6.35. The van der Waals surface area contributed by atoms with Crippen LogP contribution in [0, 0.1) is 12.8 Å². The molecule has 0 bridgehead atoms. The van der Waals surface area contributed by atoms with E-state index >= 15 is 0 Å². The number of rotatable bonds is 6. The Morgan fingerprint density at radius 1 is 1.12 bits per heavy atom. The topological polar surface area (TPSA) is 66.4 Å². The van der Waals surface area contributed by atoms with Gasteiger partial charge >= 0.3 is 5.97 Å². The molecule has 0 aromatic heterocycles. The normalized spacial score (nSPS) is 20.2. The molecular formula is C20H21NO3. The maximum atomic E-state index is 12.4. The van der Waals surface area contributed by atoms with Gasteiger partial charge in [-0.3, -0.25) is 9.59 Å². The summed E-state index contributed by atoms with van der Waals surface area (Å²) in [6, 6.07) is 17.1. The van der Waals surface area contributed by atoms with Crippen LogP contribution in [0.4, 0.5) is 0 Å². The van der Waals surface area contributed by atoms with Gasteiger partial charge in [-0.15, -0.1) is 0 Å². The van der Waals surface area contributed by atoms with E-state index < -0.39 is 11.9 Å². The predicted molar refractivity (Wildman–Crippen MR) is 91.9 cm³/mol. The molecule has 1 fully saturated rings. The van der Waals surface area contributed by atoms with Crippen LogP contribution >= 0.6 is 0 Å². The Hall–Kier alpha value is -2.62. The van der Waals surface area contributed by atoms with Crippen LogP contribution in [-0.2, 0) is 9.59 Å². The molecule has 4 heteroatoms. The van der Waals surface area contributed by atoms with Gasteiger partial charge in [-0.25, -0.2) is 0 Å². The molecule has 3 rings (SSSR count). The molecule has 0 aliphatic heterocycles. The minimum Gasteiger partial charge on any atom is -0.481 e. The molecular weight excluding hydrogens is 302 g/mol. The van der Waals surface area contributed by atoms with Crippen LogP contribution in [0.3, 0.4) is 0 Å². The smallest absolute Gasteiger partial charge is 0.312 e. The van der Waals surface area contributed by atoms with Crippen molar-refractivity contribution in [3.63, 3.8) is 0 Å². The summed E-state index contributed by atoms with van der Waals surface area (Å²) in [6.07, 6.45) is 0.833. The number of carbonyl (C=O) groups is 2. The number of carboxylic acids is 1. The Kier molecular flexibility index (Phi) is 4.65. The number of hydrogen-bond donors (Lipinski definition) is 2. The van der Waals surface area contributed by atoms with Crippen molar-refractivity contribution in [3.8, 4) is 0 Å². The molecule has 1 saturated carbocycles. The lowest BCUT2D eigenvalue weighted by atomic mass is 9.99. The van der Waals surface area contributed by atoms with Gasteiger partial charge < -0.3 is 10.4 Å². The van der Waals surface area contributed by atoms with Gasteiger partial charge in [-0.2, -0.15) is 0 Å². The summed E-state index contributed by atoms with van der Waals surface area (Å²) >= 11 is 0. The van der Waals surface area contributed by atoms with E-state index in [9.17, 15) is 14.7 Å². The van der Waals surface area contributed by atoms with E-state index in [1.54, 1.807) is 12.1 Å². The number of benzene rings is 2. The van der Waals surface area contributed by atoms with Gasteiger partial charge in [0.05, 0.1) is 5.92 Å². The summed E-state index contributed by atoms with van der Waals surface area (Å²) in [7, 11) is 0. The molecule has 2 N–H and O–H groups in total. The van der Waals surface area contributed by atoms with E-state index in [0.29, 0.717) is 5.56 Å². The highest BCUT2D eigenvalue weighted by Crippen LogP contribution is 2.48. The molecule has 0 saturated heterocycles. The van der Waals surface area contributed by atoms with Crippen molar-refractivity contribution in [2.75, 3.05) is 6.54 Å². The summed E-state index contributed by atoms with van der Waals surface area (Å²) in [5.74, 6) is -1.48. The Bertz CT molecular complexity index is 742. The monoisotopic (exact) mass is 323 g/mol. The standard InChI is InChI=1S/C20H21NO3/c1-13-7-5-6-10-15(13)16-11-17(16)19(22)21-12-18(20(23)24)14-8-3-2-4-9-14/h2-10,16-18H,11-12H2,1H3,(H,21,22)(H,23,24). The van der Waals surface area contributed by atoms with Crippen molar-refractivity contribution in [2.45, 2.75) is 25.2 Å². The van der Waals surface area contributed by atoms with E-state index in [0.717, 1.165) is 6.42 Å². The number of aryl methyl sites for hydroxylation is 1. The Labute approximate surface area is 141 Å². The second-order valence-corrected chi connectivity index (χ2v) is 6.35. The minimum atomic E-state index is -0.923. The van der Waals surface area contributed by atoms with E-state index in [1.165, 1.54) is 11.1 Å². The van der Waals surface area contributed by atoms with Crippen LogP contribution in [0.15, 0.2) is 54.6 Å². The highest BCUT2D eigenvalue weighted by Gasteiger charge is 2.44. The molecule has 24 heavy (non-hydrogen) atoms. The van der Waals surface area contributed by atoms with Gasteiger partial charge in [-0.05, 0) is 36.0 Å². The second kappa shape index (κ2) is 6.87.